The Morgan fingerprint density at radius 1 is 1.00 bits per heavy atom. The Morgan fingerprint density at radius 3 is 2.28 bits per heavy atom. The van der Waals surface area contributed by atoms with E-state index in [0.717, 1.165) is 0 Å². The van der Waals surface area contributed by atoms with Gasteiger partial charge in [-0.15, -0.1) is 0 Å². The molecule has 0 spiro atoms. The van der Waals surface area contributed by atoms with Crippen molar-refractivity contribution in [2.45, 2.75) is 39.0 Å². The summed E-state index contributed by atoms with van der Waals surface area (Å²) in [6.45, 7) is 2.26. The molecule has 0 saturated carbocycles. The largest absolute Gasteiger partial charge is 0.0654 e. The van der Waals surface area contributed by atoms with E-state index in [1.807, 2.05) is 0 Å². The molecular weight excluding hydrogens is 446 g/mol. The van der Waals surface area contributed by atoms with E-state index in [2.05, 4.69) is 90.6 Å². The summed E-state index contributed by atoms with van der Waals surface area (Å²) in [5.74, 6) is 0. The van der Waals surface area contributed by atoms with E-state index in [1.165, 1.54) is 48.8 Å². The Morgan fingerprint density at radius 2 is 1.72 bits per heavy atom. The van der Waals surface area contributed by atoms with E-state index in [9.17, 15) is 0 Å². The molecule has 0 radical (unpaired) electrons. The molecule has 0 atom stereocenters. The molecule has 0 unspecified atom stereocenters. The van der Waals surface area contributed by atoms with Gasteiger partial charge in [0, 0.05) is 0 Å². The quantitative estimate of drug-likeness (QED) is 0.237. The molecule has 0 aromatic heterocycles. The second-order valence-electron chi connectivity index (χ2n) is 4.33. The highest BCUT2D eigenvalue weighted by Crippen LogP contribution is 2.29. The lowest BCUT2D eigenvalue weighted by atomic mass is 9.96. The van der Waals surface area contributed by atoms with Crippen molar-refractivity contribution in [2.75, 3.05) is 0 Å². The second kappa shape index (κ2) is 10.0. The molecule has 0 aliphatic carbocycles. The third kappa shape index (κ3) is 5.43. The molecule has 0 heterocycles. The molecule has 1 rings (SSSR count). The highest BCUT2D eigenvalue weighted by Gasteiger charge is 2.06. The number of hydrogen-bond donors (Lipinski definition) is 0. The van der Waals surface area contributed by atoms with Crippen LogP contribution in [0.15, 0.2) is 44.1 Å². The third-order valence-electron chi connectivity index (χ3n) is 2.97. The molecular formula is C16H20I2. The number of unbranched alkanes of at least 4 members (excludes halogenated alkanes) is 3. The fourth-order valence-corrected chi connectivity index (χ4v) is 3.33. The van der Waals surface area contributed by atoms with Gasteiger partial charge in [-0.3, -0.25) is 0 Å². The second-order valence-corrected chi connectivity index (χ2v) is 5.58. The number of benzene rings is 1. The van der Waals surface area contributed by atoms with Gasteiger partial charge >= 0.3 is 0 Å². The van der Waals surface area contributed by atoms with Gasteiger partial charge in [-0.2, -0.15) is 0 Å². The van der Waals surface area contributed by atoms with Crippen LogP contribution in [0.2, 0.25) is 0 Å². The highest BCUT2D eigenvalue weighted by molar-refractivity contribution is 14.1. The molecule has 0 nitrogen and oxygen atoms in total. The molecule has 1 aromatic carbocycles. The Balaban J connectivity index is 2.69. The molecule has 98 valence electrons. The molecule has 0 N–H and O–H groups in total. The maximum atomic E-state index is 2.37. The Bertz CT molecular complexity index is 391. The first-order valence-corrected chi connectivity index (χ1v) is 8.98. The van der Waals surface area contributed by atoms with Crippen LogP contribution < -0.4 is 0 Å². The molecule has 0 aliphatic rings. The number of rotatable bonds is 7. The van der Waals surface area contributed by atoms with Crippen LogP contribution in [0.5, 0.6) is 0 Å². The number of hydrogen-bond acceptors (Lipinski definition) is 0. The zero-order valence-electron chi connectivity index (χ0n) is 10.8. The Hall–Kier alpha value is 0.160. The van der Waals surface area contributed by atoms with E-state index in [-0.39, 0.29) is 0 Å². The zero-order valence-corrected chi connectivity index (χ0v) is 15.1. The van der Waals surface area contributed by atoms with E-state index in [0.29, 0.717) is 0 Å². The van der Waals surface area contributed by atoms with Gasteiger partial charge < -0.3 is 0 Å². The zero-order chi connectivity index (χ0) is 13.2. The van der Waals surface area contributed by atoms with Crippen molar-refractivity contribution < 1.29 is 0 Å². The first-order chi connectivity index (χ1) is 8.83. The highest BCUT2D eigenvalue weighted by atomic mass is 127. The maximum Gasteiger partial charge on any atom is -0.00867 e. The fourth-order valence-electron chi connectivity index (χ4n) is 1.93. The summed E-state index contributed by atoms with van der Waals surface area (Å²) in [7, 11) is 0. The van der Waals surface area contributed by atoms with Gasteiger partial charge in [0.1, 0.15) is 0 Å². The maximum absolute atomic E-state index is 2.37. The van der Waals surface area contributed by atoms with Gasteiger partial charge in [-0.1, -0.05) is 102 Å². The van der Waals surface area contributed by atoms with Crippen molar-refractivity contribution in [3.8, 4) is 0 Å². The van der Waals surface area contributed by atoms with Crippen molar-refractivity contribution in [3.63, 3.8) is 0 Å². The van der Waals surface area contributed by atoms with Crippen LogP contribution in [0.25, 0.3) is 5.57 Å². The fraction of sp³-hybridized carbons (Fsp3) is 0.375. The van der Waals surface area contributed by atoms with Crippen LogP contribution in [-0.2, 0) is 0 Å². The SMILES string of the molecule is CCCCCCC(=C/I)/C(=C\I)c1ccccc1. The smallest absolute Gasteiger partial charge is 0.00867 e. The lowest BCUT2D eigenvalue weighted by Gasteiger charge is -2.11. The molecule has 0 amide bonds. The van der Waals surface area contributed by atoms with Gasteiger partial charge in [0.05, 0.1) is 0 Å². The standard InChI is InChI=1S/C16H20I2/c1-2-3-4-6-11-15(12-17)16(13-18)14-9-7-5-8-10-14/h5,7-10,12-13H,2-4,6,11H2,1H3/b15-12-,16-13-. The topological polar surface area (TPSA) is 0 Å². The average molecular weight is 466 g/mol. The molecule has 0 fully saturated rings. The van der Waals surface area contributed by atoms with Crippen molar-refractivity contribution in [3.05, 3.63) is 49.6 Å². The minimum Gasteiger partial charge on any atom is -0.0654 e. The monoisotopic (exact) mass is 466 g/mol. The van der Waals surface area contributed by atoms with Gasteiger partial charge in [0.25, 0.3) is 0 Å². The molecule has 18 heavy (non-hydrogen) atoms. The Labute approximate surface area is 138 Å². The minimum absolute atomic E-state index is 1.19. The van der Waals surface area contributed by atoms with Crippen LogP contribution in [0.1, 0.15) is 44.6 Å². The van der Waals surface area contributed by atoms with Gasteiger partial charge in [-0.25, -0.2) is 0 Å². The van der Waals surface area contributed by atoms with E-state index in [1.54, 1.807) is 0 Å². The summed E-state index contributed by atoms with van der Waals surface area (Å²) in [4.78, 5) is 0. The van der Waals surface area contributed by atoms with Crippen molar-refractivity contribution >= 4 is 50.8 Å². The molecule has 0 bridgehead atoms. The van der Waals surface area contributed by atoms with Gasteiger partial charge in [-0.05, 0) is 37.7 Å². The Kier molecular flexibility index (Phi) is 9.02. The third-order valence-corrected chi connectivity index (χ3v) is 4.35. The van der Waals surface area contributed by atoms with Crippen LogP contribution >= 0.6 is 45.2 Å². The van der Waals surface area contributed by atoms with Crippen molar-refractivity contribution in [1.82, 2.24) is 0 Å². The van der Waals surface area contributed by atoms with Crippen molar-refractivity contribution in [2.24, 2.45) is 0 Å². The van der Waals surface area contributed by atoms with E-state index >= 15 is 0 Å². The summed E-state index contributed by atoms with van der Waals surface area (Å²) < 4.78 is 4.44. The molecule has 1 aromatic rings. The first-order valence-electron chi connectivity index (χ1n) is 6.49. The lowest BCUT2D eigenvalue weighted by molar-refractivity contribution is 0.669. The van der Waals surface area contributed by atoms with Crippen LogP contribution in [0, 0.1) is 0 Å². The molecule has 0 saturated heterocycles. The van der Waals surface area contributed by atoms with Gasteiger partial charge in [0.15, 0.2) is 0 Å². The van der Waals surface area contributed by atoms with E-state index in [4.69, 9.17) is 0 Å². The minimum atomic E-state index is 1.19. The predicted octanol–water partition coefficient (Wildman–Crippen LogP) is 6.75. The van der Waals surface area contributed by atoms with Crippen molar-refractivity contribution in [1.29, 1.82) is 0 Å². The summed E-state index contributed by atoms with van der Waals surface area (Å²) in [5.41, 5.74) is 4.17. The first kappa shape index (κ1) is 16.2. The predicted molar refractivity (Wildman–Crippen MR) is 99.3 cm³/mol. The van der Waals surface area contributed by atoms with Crippen LogP contribution in [0.3, 0.4) is 0 Å². The summed E-state index contributed by atoms with van der Waals surface area (Å²) in [6, 6.07) is 10.7. The number of allylic oxidation sites excluding steroid dienone is 2. The van der Waals surface area contributed by atoms with Crippen LogP contribution in [-0.4, -0.2) is 0 Å². The van der Waals surface area contributed by atoms with Gasteiger partial charge in [0.2, 0.25) is 0 Å². The summed E-state index contributed by atoms with van der Waals surface area (Å²) in [5, 5.41) is 0. The molecule has 0 aliphatic heterocycles. The summed E-state index contributed by atoms with van der Waals surface area (Å²) in [6.07, 6.45) is 6.48. The number of halogens is 2. The van der Waals surface area contributed by atoms with Crippen LogP contribution in [0.4, 0.5) is 0 Å². The van der Waals surface area contributed by atoms with E-state index < -0.39 is 0 Å². The normalized spacial score (nSPS) is 12.8. The molecule has 2 heteroatoms. The summed E-state index contributed by atoms with van der Waals surface area (Å²) >= 11 is 4.72. The lowest BCUT2D eigenvalue weighted by Crippen LogP contribution is -1.90. The average Bonchev–Trinajstić information content (AvgIpc) is 2.43.